The number of carbonyl (C=O) groups excluding carboxylic acids is 2. The Morgan fingerprint density at radius 3 is 2.46 bits per heavy atom. The van der Waals surface area contributed by atoms with Crippen LogP contribution in [0.15, 0.2) is 42.5 Å². The highest BCUT2D eigenvalue weighted by atomic mass is 35.5. The number of rotatable bonds is 4. The Morgan fingerprint density at radius 2 is 1.81 bits per heavy atom. The lowest BCUT2D eigenvalue weighted by molar-refractivity contribution is -0.134. The molecule has 1 saturated heterocycles. The molecule has 0 radical (unpaired) electrons. The minimum atomic E-state index is -0.499. The Morgan fingerprint density at radius 1 is 1.12 bits per heavy atom. The quantitative estimate of drug-likeness (QED) is 0.891. The average molecular weight is 377 g/mol. The van der Waals surface area contributed by atoms with Gasteiger partial charge in [-0.15, -0.1) is 0 Å². The van der Waals surface area contributed by atoms with Crippen molar-refractivity contribution in [2.45, 2.75) is 6.42 Å². The van der Waals surface area contributed by atoms with Crippen molar-refractivity contribution < 1.29 is 18.7 Å². The van der Waals surface area contributed by atoms with Crippen LogP contribution in [0.1, 0.15) is 15.9 Å². The van der Waals surface area contributed by atoms with Crippen LogP contribution in [0.5, 0.6) is 0 Å². The fraction of sp³-hybridized carbons (Fsp3) is 0.263. The summed E-state index contributed by atoms with van der Waals surface area (Å²) in [5, 5.41) is 2.76. The molecule has 1 fully saturated rings. The molecule has 7 heteroatoms. The summed E-state index contributed by atoms with van der Waals surface area (Å²) in [5.74, 6) is -0.865. The number of anilines is 1. The van der Waals surface area contributed by atoms with Crippen molar-refractivity contribution in [1.29, 1.82) is 0 Å². The molecule has 2 aromatic rings. The van der Waals surface area contributed by atoms with Crippen LogP contribution in [-0.2, 0) is 16.0 Å². The number of ether oxygens (including phenoxy) is 1. The topological polar surface area (TPSA) is 58.6 Å². The van der Waals surface area contributed by atoms with Gasteiger partial charge in [-0.2, -0.15) is 0 Å². The van der Waals surface area contributed by atoms with E-state index in [-0.39, 0.29) is 16.5 Å². The van der Waals surface area contributed by atoms with Crippen LogP contribution in [0, 0.1) is 5.82 Å². The molecule has 0 unspecified atom stereocenters. The third-order valence-corrected chi connectivity index (χ3v) is 4.42. The Hall–Kier alpha value is -2.44. The maximum absolute atomic E-state index is 13.1. The van der Waals surface area contributed by atoms with Gasteiger partial charge in [-0.1, -0.05) is 23.7 Å². The van der Waals surface area contributed by atoms with Crippen LogP contribution in [0.2, 0.25) is 5.02 Å². The van der Waals surface area contributed by atoms with Gasteiger partial charge >= 0.3 is 0 Å². The first-order valence-electron chi connectivity index (χ1n) is 8.24. The van der Waals surface area contributed by atoms with Crippen molar-refractivity contribution in [2.75, 3.05) is 31.6 Å². The largest absolute Gasteiger partial charge is 0.378 e. The molecular formula is C19H18ClFN2O3. The Labute approximate surface area is 155 Å². The van der Waals surface area contributed by atoms with Gasteiger partial charge in [0.2, 0.25) is 5.91 Å². The Kier molecular flexibility index (Phi) is 5.85. The number of benzene rings is 2. The second kappa shape index (κ2) is 8.29. The highest BCUT2D eigenvalue weighted by molar-refractivity contribution is 6.34. The molecule has 1 aliphatic rings. The maximum atomic E-state index is 13.1. The van der Waals surface area contributed by atoms with E-state index in [0.29, 0.717) is 38.4 Å². The minimum absolute atomic E-state index is 0.0511. The lowest BCUT2D eigenvalue weighted by atomic mass is 10.1. The first-order valence-corrected chi connectivity index (χ1v) is 8.61. The standard InChI is InChI=1S/C19H18ClFN2O3/c20-17-12-14(21)3-6-16(17)19(25)22-15-4-1-13(2-5-15)11-18(24)23-7-9-26-10-8-23/h1-6,12H,7-11H2,(H,22,25). The van der Waals surface area contributed by atoms with E-state index < -0.39 is 11.7 Å². The van der Waals surface area contributed by atoms with Crippen LogP contribution in [0.25, 0.3) is 0 Å². The van der Waals surface area contributed by atoms with Crippen molar-refractivity contribution in [3.05, 3.63) is 64.4 Å². The lowest BCUT2D eigenvalue weighted by Gasteiger charge is -2.26. The maximum Gasteiger partial charge on any atom is 0.257 e. The van der Waals surface area contributed by atoms with Crippen LogP contribution >= 0.6 is 11.6 Å². The molecule has 26 heavy (non-hydrogen) atoms. The van der Waals surface area contributed by atoms with Crippen LogP contribution in [0.3, 0.4) is 0 Å². The third kappa shape index (κ3) is 4.59. The second-order valence-electron chi connectivity index (χ2n) is 5.95. The number of amides is 2. The van der Waals surface area contributed by atoms with Gasteiger partial charge in [-0.3, -0.25) is 9.59 Å². The fourth-order valence-corrected chi connectivity index (χ4v) is 2.93. The first kappa shape index (κ1) is 18.4. The van der Waals surface area contributed by atoms with Crippen molar-refractivity contribution in [3.63, 3.8) is 0 Å². The zero-order valence-corrected chi connectivity index (χ0v) is 14.8. The molecule has 0 atom stereocenters. The summed E-state index contributed by atoms with van der Waals surface area (Å²) in [6, 6.07) is 10.6. The fourth-order valence-electron chi connectivity index (χ4n) is 2.68. The van der Waals surface area contributed by atoms with Crippen LogP contribution in [-0.4, -0.2) is 43.0 Å². The molecule has 0 aromatic heterocycles. The Bertz CT molecular complexity index is 805. The normalized spacial score (nSPS) is 14.2. The summed E-state index contributed by atoms with van der Waals surface area (Å²) in [4.78, 5) is 26.2. The van der Waals surface area contributed by atoms with E-state index in [1.165, 1.54) is 12.1 Å². The summed E-state index contributed by atoms with van der Waals surface area (Å²) in [6.45, 7) is 2.38. The molecule has 136 valence electrons. The molecule has 1 heterocycles. The highest BCUT2D eigenvalue weighted by Crippen LogP contribution is 2.19. The number of morpholine rings is 1. The van der Waals surface area contributed by atoms with Gasteiger partial charge in [0.05, 0.1) is 30.2 Å². The van der Waals surface area contributed by atoms with Gasteiger partial charge in [0.1, 0.15) is 5.82 Å². The van der Waals surface area contributed by atoms with Crippen molar-refractivity contribution in [2.24, 2.45) is 0 Å². The first-order chi connectivity index (χ1) is 12.5. The molecule has 2 aromatic carbocycles. The van der Waals surface area contributed by atoms with E-state index in [4.69, 9.17) is 16.3 Å². The average Bonchev–Trinajstić information content (AvgIpc) is 2.64. The van der Waals surface area contributed by atoms with Gasteiger partial charge in [0, 0.05) is 18.8 Å². The van der Waals surface area contributed by atoms with Gasteiger partial charge < -0.3 is 15.0 Å². The van der Waals surface area contributed by atoms with Gasteiger partial charge in [0.15, 0.2) is 0 Å². The highest BCUT2D eigenvalue weighted by Gasteiger charge is 2.17. The molecule has 0 spiro atoms. The predicted molar refractivity (Wildman–Crippen MR) is 96.9 cm³/mol. The number of hydrogen-bond donors (Lipinski definition) is 1. The predicted octanol–water partition coefficient (Wildman–Crippen LogP) is 3.13. The number of halogens is 2. The van der Waals surface area contributed by atoms with Gasteiger partial charge in [-0.25, -0.2) is 4.39 Å². The summed E-state index contributed by atoms with van der Waals surface area (Å²) in [6.07, 6.45) is 0.304. The van der Waals surface area contributed by atoms with E-state index in [1.54, 1.807) is 29.2 Å². The number of carbonyl (C=O) groups is 2. The zero-order chi connectivity index (χ0) is 18.5. The van der Waals surface area contributed by atoms with E-state index >= 15 is 0 Å². The van der Waals surface area contributed by atoms with Crippen LogP contribution < -0.4 is 5.32 Å². The van der Waals surface area contributed by atoms with E-state index in [9.17, 15) is 14.0 Å². The summed E-state index contributed by atoms with van der Waals surface area (Å²) in [5.41, 5.74) is 1.62. The van der Waals surface area contributed by atoms with E-state index in [1.807, 2.05) is 0 Å². The number of nitrogens with zero attached hydrogens (tertiary/aromatic N) is 1. The molecule has 5 nitrogen and oxygen atoms in total. The zero-order valence-electron chi connectivity index (χ0n) is 14.0. The van der Waals surface area contributed by atoms with Gasteiger partial charge in [-0.05, 0) is 35.9 Å². The van der Waals surface area contributed by atoms with Crippen molar-refractivity contribution in [3.8, 4) is 0 Å². The molecule has 1 aliphatic heterocycles. The number of hydrogen-bond acceptors (Lipinski definition) is 3. The second-order valence-corrected chi connectivity index (χ2v) is 6.35. The van der Waals surface area contributed by atoms with E-state index in [0.717, 1.165) is 11.6 Å². The lowest BCUT2D eigenvalue weighted by Crippen LogP contribution is -2.41. The Balaban J connectivity index is 1.60. The van der Waals surface area contributed by atoms with Crippen molar-refractivity contribution >= 4 is 29.1 Å². The summed E-state index contributed by atoms with van der Waals surface area (Å²) >= 11 is 5.90. The molecule has 3 rings (SSSR count). The SMILES string of the molecule is O=C(Nc1ccc(CC(=O)N2CCOCC2)cc1)c1ccc(F)cc1Cl. The summed E-state index contributed by atoms with van der Waals surface area (Å²) in [7, 11) is 0. The summed E-state index contributed by atoms with van der Waals surface area (Å²) < 4.78 is 18.3. The van der Waals surface area contributed by atoms with E-state index in [2.05, 4.69) is 5.32 Å². The number of nitrogens with one attached hydrogen (secondary N) is 1. The molecule has 1 N–H and O–H groups in total. The minimum Gasteiger partial charge on any atom is -0.378 e. The smallest absolute Gasteiger partial charge is 0.257 e. The molecule has 0 aliphatic carbocycles. The van der Waals surface area contributed by atoms with Crippen LogP contribution in [0.4, 0.5) is 10.1 Å². The molecule has 0 saturated carbocycles. The molecule has 2 amide bonds. The van der Waals surface area contributed by atoms with Crippen molar-refractivity contribution in [1.82, 2.24) is 4.90 Å². The molecular weight excluding hydrogens is 359 g/mol. The van der Waals surface area contributed by atoms with Gasteiger partial charge in [0.25, 0.3) is 5.91 Å². The third-order valence-electron chi connectivity index (χ3n) is 4.11. The monoisotopic (exact) mass is 376 g/mol. The molecule has 0 bridgehead atoms.